The number of rotatable bonds is 6. The second-order valence-electron chi connectivity index (χ2n) is 6.30. The van der Waals surface area contributed by atoms with Crippen LogP contribution in [0.25, 0.3) is 10.2 Å². The Morgan fingerprint density at radius 1 is 1.14 bits per heavy atom. The molecule has 0 aliphatic rings. The standard InChI is InChI=1S/C20H21N3O4S2/c1-11(2)27-13-7-5-6-12(8-13)18(24)22-19(28)23-20-21-17-15(26-4)9-14(25-3)10-16(17)29-20/h5-11H,1-4H3,(H2,21,22,23,24,28). The first kappa shape index (κ1) is 20.8. The number of benzene rings is 2. The fraction of sp³-hybridized carbons (Fsp3) is 0.250. The lowest BCUT2D eigenvalue weighted by Gasteiger charge is -2.11. The van der Waals surface area contributed by atoms with Crippen LogP contribution in [0.2, 0.25) is 0 Å². The number of carbonyl (C=O) groups is 1. The molecule has 0 bridgehead atoms. The summed E-state index contributed by atoms with van der Waals surface area (Å²) in [6.07, 6.45) is 0.0192. The molecule has 0 atom stereocenters. The highest BCUT2D eigenvalue weighted by Gasteiger charge is 2.14. The molecule has 0 radical (unpaired) electrons. The number of aromatic nitrogens is 1. The van der Waals surface area contributed by atoms with Crippen LogP contribution in [-0.2, 0) is 0 Å². The van der Waals surface area contributed by atoms with Crippen molar-refractivity contribution >= 4 is 49.9 Å². The number of thiocarbonyl (C=S) groups is 1. The number of thiazole rings is 1. The Morgan fingerprint density at radius 3 is 2.62 bits per heavy atom. The van der Waals surface area contributed by atoms with Crippen molar-refractivity contribution in [2.24, 2.45) is 0 Å². The molecule has 0 aliphatic carbocycles. The zero-order valence-corrected chi connectivity index (χ0v) is 18.1. The minimum absolute atomic E-state index is 0.0192. The van der Waals surface area contributed by atoms with Gasteiger partial charge in [0.1, 0.15) is 22.8 Å². The van der Waals surface area contributed by atoms with Crippen LogP contribution in [0, 0.1) is 0 Å². The van der Waals surface area contributed by atoms with Crippen LogP contribution in [0.1, 0.15) is 24.2 Å². The van der Waals surface area contributed by atoms with Crippen LogP contribution in [0.15, 0.2) is 36.4 Å². The van der Waals surface area contributed by atoms with Crippen molar-refractivity contribution in [1.29, 1.82) is 0 Å². The van der Waals surface area contributed by atoms with E-state index in [1.54, 1.807) is 44.6 Å². The molecule has 2 aromatic carbocycles. The van der Waals surface area contributed by atoms with Crippen LogP contribution in [-0.4, -0.2) is 36.3 Å². The van der Waals surface area contributed by atoms with Gasteiger partial charge < -0.3 is 19.5 Å². The van der Waals surface area contributed by atoms with Crippen molar-refractivity contribution in [3.63, 3.8) is 0 Å². The summed E-state index contributed by atoms with van der Waals surface area (Å²) in [6.45, 7) is 3.85. The molecule has 7 nitrogen and oxygen atoms in total. The molecular weight excluding hydrogens is 410 g/mol. The van der Waals surface area contributed by atoms with Gasteiger partial charge in [0, 0.05) is 11.6 Å². The minimum Gasteiger partial charge on any atom is -0.497 e. The molecule has 0 aliphatic heterocycles. The number of nitrogens with one attached hydrogen (secondary N) is 2. The maximum absolute atomic E-state index is 12.5. The predicted molar refractivity (Wildman–Crippen MR) is 119 cm³/mol. The highest BCUT2D eigenvalue weighted by atomic mass is 32.1. The van der Waals surface area contributed by atoms with Crippen LogP contribution in [0.4, 0.5) is 5.13 Å². The number of fused-ring (bicyclic) bond motifs is 1. The predicted octanol–water partition coefficient (Wildman–Crippen LogP) is 4.23. The lowest BCUT2D eigenvalue weighted by Crippen LogP contribution is -2.34. The summed E-state index contributed by atoms with van der Waals surface area (Å²) in [4.78, 5) is 17.0. The third kappa shape index (κ3) is 5.12. The van der Waals surface area contributed by atoms with E-state index in [0.717, 1.165) is 4.70 Å². The first-order chi connectivity index (χ1) is 13.9. The zero-order valence-electron chi connectivity index (χ0n) is 16.4. The number of hydrogen-bond donors (Lipinski definition) is 2. The molecule has 0 unspecified atom stereocenters. The molecule has 1 aromatic heterocycles. The quantitative estimate of drug-likeness (QED) is 0.565. The van der Waals surface area contributed by atoms with Gasteiger partial charge >= 0.3 is 0 Å². The third-order valence-electron chi connectivity index (χ3n) is 3.80. The average molecular weight is 432 g/mol. The van der Waals surface area contributed by atoms with E-state index in [1.165, 1.54) is 11.3 Å². The highest BCUT2D eigenvalue weighted by Crippen LogP contribution is 2.36. The van der Waals surface area contributed by atoms with Gasteiger partial charge in [-0.25, -0.2) is 4.98 Å². The largest absolute Gasteiger partial charge is 0.497 e. The fourth-order valence-corrected chi connectivity index (χ4v) is 3.76. The van der Waals surface area contributed by atoms with Crippen molar-refractivity contribution in [3.05, 3.63) is 42.0 Å². The molecule has 0 fully saturated rings. The number of hydrogen-bond acceptors (Lipinski definition) is 7. The zero-order chi connectivity index (χ0) is 21.0. The van der Waals surface area contributed by atoms with E-state index in [9.17, 15) is 4.79 Å². The van der Waals surface area contributed by atoms with E-state index in [-0.39, 0.29) is 17.1 Å². The fourth-order valence-electron chi connectivity index (χ4n) is 2.59. The molecule has 3 rings (SSSR count). The molecule has 29 heavy (non-hydrogen) atoms. The molecule has 1 amide bonds. The molecular formula is C20H21N3O4S2. The van der Waals surface area contributed by atoms with E-state index in [4.69, 9.17) is 26.4 Å². The maximum Gasteiger partial charge on any atom is 0.257 e. The summed E-state index contributed by atoms with van der Waals surface area (Å²) >= 11 is 6.64. The van der Waals surface area contributed by atoms with Crippen molar-refractivity contribution in [3.8, 4) is 17.2 Å². The summed E-state index contributed by atoms with van der Waals surface area (Å²) in [5.41, 5.74) is 1.14. The van der Waals surface area contributed by atoms with Crippen LogP contribution < -0.4 is 24.8 Å². The number of anilines is 1. The Kier molecular flexibility index (Phi) is 6.50. The molecule has 1 heterocycles. The van der Waals surface area contributed by atoms with Crippen molar-refractivity contribution in [1.82, 2.24) is 10.3 Å². The summed E-state index contributed by atoms with van der Waals surface area (Å²) in [6, 6.07) is 10.6. The highest BCUT2D eigenvalue weighted by molar-refractivity contribution is 7.80. The number of ether oxygens (including phenoxy) is 3. The third-order valence-corrected chi connectivity index (χ3v) is 4.93. The first-order valence-corrected chi connectivity index (χ1v) is 10.0. The van der Waals surface area contributed by atoms with Gasteiger partial charge in [-0.05, 0) is 50.3 Å². The topological polar surface area (TPSA) is 81.7 Å². The van der Waals surface area contributed by atoms with Crippen LogP contribution in [0.5, 0.6) is 17.2 Å². The van der Waals surface area contributed by atoms with E-state index in [2.05, 4.69) is 15.6 Å². The van der Waals surface area contributed by atoms with E-state index in [1.807, 2.05) is 19.9 Å². The normalized spacial score (nSPS) is 10.7. The number of nitrogens with zero attached hydrogens (tertiary/aromatic N) is 1. The van der Waals surface area contributed by atoms with E-state index < -0.39 is 0 Å². The molecule has 3 aromatic rings. The molecule has 0 saturated carbocycles. The number of carbonyl (C=O) groups excluding carboxylic acids is 1. The van der Waals surface area contributed by atoms with Gasteiger partial charge in [-0.15, -0.1) is 0 Å². The molecule has 2 N–H and O–H groups in total. The van der Waals surface area contributed by atoms with E-state index >= 15 is 0 Å². The Hall–Kier alpha value is -2.91. The van der Waals surface area contributed by atoms with Crippen molar-refractivity contribution in [2.75, 3.05) is 19.5 Å². The van der Waals surface area contributed by atoms with Crippen molar-refractivity contribution < 1.29 is 19.0 Å². The van der Waals surface area contributed by atoms with Gasteiger partial charge in [0.15, 0.2) is 10.2 Å². The van der Waals surface area contributed by atoms with Gasteiger partial charge in [0.2, 0.25) is 0 Å². The maximum atomic E-state index is 12.5. The van der Waals surface area contributed by atoms with Gasteiger partial charge in [0.05, 0.1) is 25.0 Å². The van der Waals surface area contributed by atoms with Crippen molar-refractivity contribution in [2.45, 2.75) is 20.0 Å². The summed E-state index contributed by atoms with van der Waals surface area (Å²) < 4.78 is 17.1. The lowest BCUT2D eigenvalue weighted by molar-refractivity contribution is 0.0977. The SMILES string of the molecule is COc1cc(OC)c2nc(NC(=S)NC(=O)c3cccc(OC(C)C)c3)sc2c1. The minimum atomic E-state index is -0.336. The Bertz CT molecular complexity index is 1050. The summed E-state index contributed by atoms with van der Waals surface area (Å²) in [5, 5.41) is 6.29. The van der Waals surface area contributed by atoms with Crippen LogP contribution >= 0.6 is 23.6 Å². The smallest absolute Gasteiger partial charge is 0.257 e. The summed E-state index contributed by atoms with van der Waals surface area (Å²) in [7, 11) is 3.16. The molecule has 0 saturated heterocycles. The van der Waals surface area contributed by atoms with Gasteiger partial charge in [-0.1, -0.05) is 17.4 Å². The second-order valence-corrected chi connectivity index (χ2v) is 7.74. The monoisotopic (exact) mass is 431 g/mol. The molecule has 9 heteroatoms. The second kappa shape index (κ2) is 9.06. The van der Waals surface area contributed by atoms with Gasteiger partial charge in [-0.3, -0.25) is 10.1 Å². The molecule has 0 spiro atoms. The van der Waals surface area contributed by atoms with E-state index in [0.29, 0.717) is 33.5 Å². The lowest BCUT2D eigenvalue weighted by atomic mass is 10.2. The van der Waals surface area contributed by atoms with Gasteiger partial charge in [0.25, 0.3) is 5.91 Å². The van der Waals surface area contributed by atoms with Crippen LogP contribution in [0.3, 0.4) is 0 Å². The Morgan fingerprint density at radius 2 is 1.93 bits per heavy atom. The average Bonchev–Trinajstić information content (AvgIpc) is 3.08. The van der Waals surface area contributed by atoms with Gasteiger partial charge in [-0.2, -0.15) is 0 Å². The number of methoxy groups -OCH3 is 2. The Balaban J connectivity index is 1.71. The Labute approximate surface area is 178 Å². The summed E-state index contributed by atoms with van der Waals surface area (Å²) in [5.74, 6) is 1.56. The first-order valence-electron chi connectivity index (χ1n) is 8.81. The molecule has 152 valence electrons. The number of amides is 1.